The van der Waals surface area contributed by atoms with E-state index in [1.54, 1.807) is 6.92 Å². The first-order chi connectivity index (χ1) is 8.43. The molecule has 1 aromatic carbocycles. The summed E-state index contributed by atoms with van der Waals surface area (Å²) >= 11 is 5.76. The molecule has 0 aromatic heterocycles. The molecule has 0 heterocycles. The topological polar surface area (TPSA) is 47.6 Å². The number of nitrogens with one attached hydrogen (secondary N) is 1. The van der Waals surface area contributed by atoms with Crippen LogP contribution < -0.4 is 10.1 Å². The first-order valence-electron chi connectivity index (χ1n) is 5.02. The average molecular weight is 280 g/mol. The van der Waals surface area contributed by atoms with Gasteiger partial charge in [-0.25, -0.2) is 4.79 Å². The minimum absolute atomic E-state index is 0.0253. The van der Waals surface area contributed by atoms with Crippen molar-refractivity contribution in [3.8, 4) is 5.75 Å². The summed E-state index contributed by atoms with van der Waals surface area (Å²) in [5.74, 6) is -0.568. The Labute approximate surface area is 108 Å². The molecule has 0 saturated heterocycles. The molecule has 4 nitrogen and oxygen atoms in total. The Hall–Kier alpha value is -1.56. The van der Waals surface area contributed by atoms with Crippen molar-refractivity contribution in [2.75, 3.05) is 12.4 Å². The Balaban J connectivity index is 2.75. The van der Waals surface area contributed by atoms with E-state index >= 15 is 0 Å². The van der Waals surface area contributed by atoms with Gasteiger partial charge in [-0.15, -0.1) is 0 Å². The molecular weight excluding hydrogens is 268 g/mol. The molecule has 0 bridgehead atoms. The predicted octanol–water partition coefficient (Wildman–Crippen LogP) is 2.91. The van der Waals surface area contributed by atoms with Crippen molar-refractivity contribution in [1.82, 2.24) is 0 Å². The third-order valence-corrected chi connectivity index (χ3v) is 2.38. The number of carbonyl (C=O) groups is 1. The maximum atomic E-state index is 12.0. The van der Waals surface area contributed by atoms with Crippen LogP contribution in [0.15, 0.2) is 18.2 Å². The van der Waals surface area contributed by atoms with E-state index in [1.807, 2.05) is 0 Å². The lowest BCUT2D eigenvalue weighted by Crippen LogP contribution is -2.27. The normalized spacial score (nSPS) is 12.1. The molecule has 0 aliphatic heterocycles. The van der Waals surface area contributed by atoms with Gasteiger partial charge in [-0.2, -0.15) is 8.78 Å². The molecule has 0 radical (unpaired) electrons. The summed E-state index contributed by atoms with van der Waals surface area (Å²) in [6, 6.07) is 3.58. The maximum Gasteiger partial charge on any atom is 0.387 e. The number of hydrogen-bond acceptors (Lipinski definition) is 4. The van der Waals surface area contributed by atoms with Crippen molar-refractivity contribution >= 4 is 23.3 Å². The standard InChI is InChI=1S/C11H12ClF2NO3/c1-6(10(16)17-2)15-7-3-4-9(8(12)5-7)18-11(13)14/h3-6,11,15H,1-2H3. The van der Waals surface area contributed by atoms with E-state index in [9.17, 15) is 13.6 Å². The average Bonchev–Trinajstić information content (AvgIpc) is 2.31. The highest BCUT2D eigenvalue weighted by Crippen LogP contribution is 2.29. The van der Waals surface area contributed by atoms with Crippen molar-refractivity contribution in [1.29, 1.82) is 0 Å². The van der Waals surface area contributed by atoms with E-state index in [0.29, 0.717) is 5.69 Å². The number of anilines is 1. The number of esters is 1. The van der Waals surface area contributed by atoms with E-state index in [2.05, 4.69) is 14.8 Å². The zero-order valence-electron chi connectivity index (χ0n) is 9.75. The summed E-state index contributed by atoms with van der Waals surface area (Å²) in [7, 11) is 1.27. The highest BCUT2D eigenvalue weighted by atomic mass is 35.5. The zero-order valence-corrected chi connectivity index (χ0v) is 10.5. The lowest BCUT2D eigenvalue weighted by Gasteiger charge is -2.14. The largest absolute Gasteiger partial charge is 0.467 e. The lowest BCUT2D eigenvalue weighted by molar-refractivity contribution is -0.141. The van der Waals surface area contributed by atoms with Crippen molar-refractivity contribution in [3.05, 3.63) is 23.2 Å². The number of ether oxygens (including phenoxy) is 2. The van der Waals surface area contributed by atoms with E-state index in [4.69, 9.17) is 11.6 Å². The number of hydrogen-bond donors (Lipinski definition) is 1. The summed E-state index contributed by atoms with van der Waals surface area (Å²) in [5, 5.41) is 2.84. The van der Waals surface area contributed by atoms with Crippen LogP contribution in [0.2, 0.25) is 5.02 Å². The molecule has 1 atom stereocenters. The molecule has 100 valence electrons. The van der Waals surface area contributed by atoms with E-state index in [0.717, 1.165) is 0 Å². The molecule has 0 fully saturated rings. The van der Waals surface area contributed by atoms with E-state index in [-0.39, 0.29) is 10.8 Å². The van der Waals surface area contributed by atoms with Crippen molar-refractivity contribution in [2.24, 2.45) is 0 Å². The SMILES string of the molecule is COC(=O)C(C)Nc1ccc(OC(F)F)c(Cl)c1. The molecule has 0 saturated carbocycles. The van der Waals surface area contributed by atoms with E-state index < -0.39 is 18.6 Å². The van der Waals surface area contributed by atoms with Gasteiger partial charge < -0.3 is 14.8 Å². The third kappa shape index (κ3) is 4.03. The number of benzene rings is 1. The lowest BCUT2D eigenvalue weighted by atomic mass is 10.2. The maximum absolute atomic E-state index is 12.0. The Kier molecular flexibility index (Phi) is 5.15. The molecule has 1 N–H and O–H groups in total. The molecular formula is C11H12ClF2NO3. The molecule has 18 heavy (non-hydrogen) atoms. The van der Waals surface area contributed by atoms with Crippen LogP contribution in [0.25, 0.3) is 0 Å². The van der Waals surface area contributed by atoms with Gasteiger partial charge in [-0.3, -0.25) is 0 Å². The van der Waals surface area contributed by atoms with E-state index in [1.165, 1.54) is 25.3 Å². The van der Waals surface area contributed by atoms with Gasteiger partial charge in [-0.05, 0) is 25.1 Å². The molecule has 1 rings (SSSR count). The van der Waals surface area contributed by atoms with Gasteiger partial charge in [0.1, 0.15) is 11.8 Å². The summed E-state index contributed by atoms with van der Waals surface area (Å²) in [6.07, 6.45) is 0. The quantitative estimate of drug-likeness (QED) is 0.842. The molecule has 7 heteroatoms. The molecule has 0 aliphatic carbocycles. The molecule has 0 aliphatic rings. The third-order valence-electron chi connectivity index (χ3n) is 2.09. The molecule has 0 spiro atoms. The van der Waals surface area contributed by atoms with Gasteiger partial charge in [0, 0.05) is 5.69 Å². The van der Waals surface area contributed by atoms with Crippen LogP contribution in [-0.4, -0.2) is 25.7 Å². The minimum atomic E-state index is -2.93. The fraction of sp³-hybridized carbons (Fsp3) is 0.364. The number of halogens is 3. The fourth-order valence-electron chi connectivity index (χ4n) is 1.27. The van der Waals surface area contributed by atoms with Crippen LogP contribution in [0.5, 0.6) is 5.75 Å². The summed E-state index contributed by atoms with van der Waals surface area (Å²) in [5.41, 5.74) is 0.500. The van der Waals surface area contributed by atoms with Crippen molar-refractivity contribution in [3.63, 3.8) is 0 Å². The Morgan fingerprint density at radius 1 is 1.44 bits per heavy atom. The van der Waals surface area contributed by atoms with Crippen LogP contribution >= 0.6 is 11.6 Å². The smallest absolute Gasteiger partial charge is 0.387 e. The van der Waals surface area contributed by atoms with Gasteiger partial charge >= 0.3 is 12.6 Å². The number of alkyl halides is 2. The van der Waals surface area contributed by atoms with Crippen LogP contribution in [0.1, 0.15) is 6.92 Å². The van der Waals surface area contributed by atoms with Crippen LogP contribution in [0.4, 0.5) is 14.5 Å². The molecule has 1 unspecified atom stereocenters. The molecule has 1 aromatic rings. The Morgan fingerprint density at radius 3 is 2.61 bits per heavy atom. The van der Waals surface area contributed by atoms with Crippen LogP contribution in [-0.2, 0) is 9.53 Å². The first-order valence-corrected chi connectivity index (χ1v) is 5.40. The zero-order chi connectivity index (χ0) is 13.7. The fourth-order valence-corrected chi connectivity index (χ4v) is 1.49. The van der Waals surface area contributed by atoms with Gasteiger partial charge in [0.25, 0.3) is 0 Å². The Morgan fingerprint density at radius 2 is 2.11 bits per heavy atom. The highest BCUT2D eigenvalue weighted by molar-refractivity contribution is 6.32. The summed E-state index contributed by atoms with van der Waals surface area (Å²) < 4.78 is 32.7. The summed E-state index contributed by atoms with van der Waals surface area (Å²) in [6.45, 7) is -1.33. The highest BCUT2D eigenvalue weighted by Gasteiger charge is 2.14. The number of rotatable bonds is 5. The Bertz CT molecular complexity index is 429. The van der Waals surface area contributed by atoms with Crippen molar-refractivity contribution < 1.29 is 23.0 Å². The second-order valence-corrected chi connectivity index (χ2v) is 3.82. The van der Waals surface area contributed by atoms with Gasteiger partial charge in [0.05, 0.1) is 12.1 Å². The van der Waals surface area contributed by atoms with Gasteiger partial charge in [-0.1, -0.05) is 11.6 Å². The summed E-state index contributed by atoms with van der Waals surface area (Å²) in [4.78, 5) is 11.2. The predicted molar refractivity (Wildman–Crippen MR) is 63.2 cm³/mol. The van der Waals surface area contributed by atoms with Gasteiger partial charge in [0.2, 0.25) is 0 Å². The van der Waals surface area contributed by atoms with Crippen LogP contribution in [0.3, 0.4) is 0 Å². The number of carbonyl (C=O) groups excluding carboxylic acids is 1. The second kappa shape index (κ2) is 6.39. The van der Waals surface area contributed by atoms with Gasteiger partial charge in [0.15, 0.2) is 0 Å². The van der Waals surface area contributed by atoms with Crippen LogP contribution in [0, 0.1) is 0 Å². The first kappa shape index (κ1) is 14.5. The number of methoxy groups -OCH3 is 1. The molecule has 0 amide bonds. The van der Waals surface area contributed by atoms with Crippen molar-refractivity contribution in [2.45, 2.75) is 19.6 Å². The monoisotopic (exact) mass is 279 g/mol. The minimum Gasteiger partial charge on any atom is -0.467 e. The second-order valence-electron chi connectivity index (χ2n) is 3.41.